The summed E-state index contributed by atoms with van der Waals surface area (Å²) in [5, 5.41) is 0. The van der Waals surface area contributed by atoms with Crippen molar-refractivity contribution in [1.82, 2.24) is 4.98 Å². The fourth-order valence-corrected chi connectivity index (χ4v) is 0.821. The fourth-order valence-electron chi connectivity index (χ4n) is 0.821. The summed E-state index contributed by atoms with van der Waals surface area (Å²) >= 11 is 0. The number of rotatable bonds is 2. The van der Waals surface area contributed by atoms with Gasteiger partial charge < -0.3 is 4.42 Å². The van der Waals surface area contributed by atoms with E-state index in [0.29, 0.717) is 11.5 Å². The van der Waals surface area contributed by atoms with E-state index in [1.54, 1.807) is 6.92 Å². The molecule has 0 atom stereocenters. The molecule has 0 aliphatic carbocycles. The van der Waals surface area contributed by atoms with E-state index in [1.165, 1.54) is 0 Å². The van der Waals surface area contributed by atoms with Crippen LogP contribution in [0.25, 0.3) is 0 Å². The van der Waals surface area contributed by atoms with Crippen molar-refractivity contribution < 1.29 is 17.6 Å². The van der Waals surface area contributed by atoms with Crippen LogP contribution in [-0.2, 0) is 6.42 Å². The molecular formula is C7H8F3NO. The molecule has 0 N–H and O–H groups in total. The Morgan fingerprint density at radius 3 is 2.58 bits per heavy atom. The second kappa shape index (κ2) is 3.16. The number of hydrogen-bond donors (Lipinski definition) is 0. The Morgan fingerprint density at radius 2 is 2.17 bits per heavy atom. The number of aromatic nitrogens is 1. The van der Waals surface area contributed by atoms with Gasteiger partial charge in [-0.15, -0.1) is 0 Å². The second-order valence-electron chi connectivity index (χ2n) is 2.48. The van der Waals surface area contributed by atoms with Crippen LogP contribution in [0.1, 0.15) is 17.9 Å². The lowest BCUT2D eigenvalue weighted by Crippen LogP contribution is -2.08. The minimum absolute atomic E-state index is 0.130. The van der Waals surface area contributed by atoms with Crippen molar-refractivity contribution in [2.75, 3.05) is 0 Å². The summed E-state index contributed by atoms with van der Waals surface area (Å²) < 4.78 is 39.9. The van der Waals surface area contributed by atoms with Crippen molar-refractivity contribution in [3.05, 3.63) is 17.8 Å². The van der Waals surface area contributed by atoms with Crippen molar-refractivity contribution in [1.29, 1.82) is 0 Å². The highest BCUT2D eigenvalue weighted by Crippen LogP contribution is 2.22. The normalized spacial score (nSPS) is 12.0. The lowest BCUT2D eigenvalue weighted by atomic mass is 10.2. The first-order chi connectivity index (χ1) is 5.49. The molecular weight excluding hydrogens is 171 g/mol. The third-order valence-electron chi connectivity index (χ3n) is 1.48. The molecule has 5 heteroatoms. The molecule has 0 radical (unpaired) electrons. The molecule has 2 nitrogen and oxygen atoms in total. The van der Waals surface area contributed by atoms with Gasteiger partial charge in [-0.2, -0.15) is 13.2 Å². The highest BCUT2D eigenvalue weighted by molar-refractivity contribution is 5.04. The maximum Gasteiger partial charge on any atom is 0.389 e. The smallest absolute Gasteiger partial charge is 0.389 e. The minimum atomic E-state index is -4.13. The maximum atomic E-state index is 11.7. The van der Waals surface area contributed by atoms with Gasteiger partial charge in [0.25, 0.3) is 0 Å². The SMILES string of the molecule is Cc1ncoc1CCC(F)(F)F. The van der Waals surface area contributed by atoms with Gasteiger partial charge in [-0.1, -0.05) is 0 Å². The Labute approximate surface area is 67.4 Å². The quantitative estimate of drug-likeness (QED) is 0.697. The van der Waals surface area contributed by atoms with E-state index in [2.05, 4.69) is 4.98 Å². The summed E-state index contributed by atoms with van der Waals surface area (Å²) in [4.78, 5) is 3.68. The second-order valence-corrected chi connectivity index (χ2v) is 2.48. The molecule has 0 aliphatic rings. The van der Waals surface area contributed by atoms with Crippen molar-refractivity contribution in [3.8, 4) is 0 Å². The number of aryl methyl sites for hydroxylation is 2. The van der Waals surface area contributed by atoms with Gasteiger partial charge in [0, 0.05) is 6.42 Å². The summed E-state index contributed by atoms with van der Waals surface area (Å²) in [7, 11) is 0. The van der Waals surface area contributed by atoms with Crippen LogP contribution in [0.4, 0.5) is 13.2 Å². The van der Waals surface area contributed by atoms with Gasteiger partial charge in [0.05, 0.1) is 12.1 Å². The molecule has 12 heavy (non-hydrogen) atoms. The van der Waals surface area contributed by atoms with Crippen LogP contribution in [-0.4, -0.2) is 11.2 Å². The highest BCUT2D eigenvalue weighted by atomic mass is 19.4. The van der Waals surface area contributed by atoms with Crippen LogP contribution < -0.4 is 0 Å². The molecule has 0 saturated heterocycles. The lowest BCUT2D eigenvalue weighted by molar-refractivity contribution is -0.134. The molecule has 1 aromatic heterocycles. The summed E-state index contributed by atoms with van der Waals surface area (Å²) in [6.07, 6.45) is -3.96. The molecule has 1 aromatic rings. The Kier molecular flexibility index (Phi) is 2.40. The van der Waals surface area contributed by atoms with Crippen LogP contribution in [0.15, 0.2) is 10.8 Å². The average Bonchev–Trinajstić information content (AvgIpc) is 2.29. The third kappa shape index (κ3) is 2.56. The maximum absolute atomic E-state index is 11.7. The van der Waals surface area contributed by atoms with Crippen LogP contribution in [0.5, 0.6) is 0 Å². The molecule has 0 aromatic carbocycles. The Balaban J connectivity index is 2.49. The summed E-state index contributed by atoms with van der Waals surface area (Å²) in [6, 6.07) is 0. The summed E-state index contributed by atoms with van der Waals surface area (Å²) in [5.74, 6) is 0.312. The number of alkyl halides is 3. The Hall–Kier alpha value is -1.00. The molecule has 1 rings (SSSR count). The largest absolute Gasteiger partial charge is 0.448 e. The van der Waals surface area contributed by atoms with E-state index in [4.69, 9.17) is 4.42 Å². The highest BCUT2D eigenvalue weighted by Gasteiger charge is 2.27. The van der Waals surface area contributed by atoms with E-state index >= 15 is 0 Å². The first-order valence-electron chi connectivity index (χ1n) is 3.45. The topological polar surface area (TPSA) is 26.0 Å². The monoisotopic (exact) mass is 179 g/mol. The summed E-state index contributed by atoms with van der Waals surface area (Å²) in [6.45, 7) is 1.62. The van der Waals surface area contributed by atoms with Gasteiger partial charge in [-0.05, 0) is 6.92 Å². The average molecular weight is 179 g/mol. The van der Waals surface area contributed by atoms with Crippen molar-refractivity contribution in [2.45, 2.75) is 25.9 Å². The molecule has 0 saturated carbocycles. The van der Waals surface area contributed by atoms with E-state index in [1.807, 2.05) is 0 Å². The van der Waals surface area contributed by atoms with Crippen LogP contribution >= 0.6 is 0 Å². The first kappa shape index (κ1) is 9.09. The lowest BCUT2D eigenvalue weighted by Gasteiger charge is -2.03. The van der Waals surface area contributed by atoms with Crippen molar-refractivity contribution in [3.63, 3.8) is 0 Å². The molecule has 0 bridgehead atoms. The third-order valence-corrected chi connectivity index (χ3v) is 1.48. The zero-order valence-electron chi connectivity index (χ0n) is 6.48. The van der Waals surface area contributed by atoms with Crippen LogP contribution in [0, 0.1) is 6.92 Å². The molecule has 0 fully saturated rings. The van der Waals surface area contributed by atoms with Gasteiger partial charge in [0.2, 0.25) is 0 Å². The predicted molar refractivity (Wildman–Crippen MR) is 35.6 cm³/mol. The zero-order valence-corrected chi connectivity index (χ0v) is 6.48. The predicted octanol–water partition coefficient (Wildman–Crippen LogP) is 2.48. The van der Waals surface area contributed by atoms with E-state index in [-0.39, 0.29) is 6.42 Å². The molecule has 0 amide bonds. The fraction of sp³-hybridized carbons (Fsp3) is 0.571. The number of halogens is 3. The first-order valence-corrected chi connectivity index (χ1v) is 3.45. The molecule has 0 spiro atoms. The summed E-state index contributed by atoms with van der Waals surface area (Å²) in [5.41, 5.74) is 0.527. The van der Waals surface area contributed by atoms with Crippen LogP contribution in [0.2, 0.25) is 0 Å². The Morgan fingerprint density at radius 1 is 1.50 bits per heavy atom. The number of nitrogens with zero attached hydrogens (tertiary/aromatic N) is 1. The van der Waals surface area contributed by atoms with Crippen molar-refractivity contribution in [2.24, 2.45) is 0 Å². The van der Waals surface area contributed by atoms with Gasteiger partial charge in [-0.25, -0.2) is 4.98 Å². The Bertz CT molecular complexity index is 253. The number of hydrogen-bond acceptors (Lipinski definition) is 2. The molecule has 68 valence electrons. The van der Waals surface area contributed by atoms with E-state index in [0.717, 1.165) is 6.39 Å². The number of oxazole rings is 1. The molecule has 0 aliphatic heterocycles. The van der Waals surface area contributed by atoms with Crippen LogP contribution in [0.3, 0.4) is 0 Å². The molecule has 1 heterocycles. The molecule has 0 unspecified atom stereocenters. The van der Waals surface area contributed by atoms with Gasteiger partial charge >= 0.3 is 6.18 Å². The van der Waals surface area contributed by atoms with E-state index < -0.39 is 12.6 Å². The minimum Gasteiger partial charge on any atom is -0.448 e. The standard InChI is InChI=1S/C7H8F3NO/c1-5-6(12-4-11-5)2-3-7(8,9)10/h4H,2-3H2,1H3. The van der Waals surface area contributed by atoms with E-state index in [9.17, 15) is 13.2 Å². The van der Waals surface area contributed by atoms with Gasteiger partial charge in [0.15, 0.2) is 6.39 Å². The zero-order chi connectivity index (χ0) is 9.19. The van der Waals surface area contributed by atoms with Gasteiger partial charge in [0.1, 0.15) is 5.76 Å². The van der Waals surface area contributed by atoms with Gasteiger partial charge in [-0.3, -0.25) is 0 Å². The van der Waals surface area contributed by atoms with Crippen molar-refractivity contribution >= 4 is 0 Å².